The van der Waals surface area contributed by atoms with Gasteiger partial charge in [-0.05, 0) is 122 Å². The SMILES string of the molecule is CC/C=C\C/C=C\C/C=C\C/C=C\C/C=C\C/C=C\CCCCCCCCCCCCC(=O)OCC(COC(=O)CCCCCCC/C=C\CCC)OC(=O)CCCCCCCCC/C=C\C/C=C\C/C=C\CC. The van der Waals surface area contributed by atoms with Gasteiger partial charge >= 0.3 is 17.9 Å². The lowest BCUT2D eigenvalue weighted by atomic mass is 10.1. The van der Waals surface area contributed by atoms with E-state index >= 15 is 0 Å². The molecule has 0 amide bonds. The zero-order valence-electron chi connectivity index (χ0n) is 48.1. The summed E-state index contributed by atoms with van der Waals surface area (Å²) >= 11 is 0. The molecule has 0 aliphatic rings. The number of esters is 3. The first-order chi connectivity index (χ1) is 36.5. The molecule has 0 rings (SSSR count). The second kappa shape index (κ2) is 61.4. The Hall–Kier alpha value is -4.19. The maximum atomic E-state index is 12.9. The molecule has 0 aliphatic carbocycles. The van der Waals surface area contributed by atoms with E-state index in [9.17, 15) is 14.4 Å². The van der Waals surface area contributed by atoms with Crippen molar-refractivity contribution in [2.45, 2.75) is 277 Å². The summed E-state index contributed by atoms with van der Waals surface area (Å²) in [6.45, 7) is 6.34. The van der Waals surface area contributed by atoms with Crippen LogP contribution in [0.4, 0.5) is 0 Å². The van der Waals surface area contributed by atoms with E-state index in [-0.39, 0.29) is 31.1 Å². The number of hydrogen-bond donors (Lipinski definition) is 0. The highest BCUT2D eigenvalue weighted by molar-refractivity contribution is 5.71. The van der Waals surface area contributed by atoms with Gasteiger partial charge in [0.15, 0.2) is 6.10 Å². The predicted molar refractivity (Wildman–Crippen MR) is 320 cm³/mol. The zero-order valence-corrected chi connectivity index (χ0v) is 48.1. The molecule has 0 spiro atoms. The van der Waals surface area contributed by atoms with Crippen molar-refractivity contribution in [1.82, 2.24) is 0 Å². The summed E-state index contributed by atoms with van der Waals surface area (Å²) < 4.78 is 16.8. The van der Waals surface area contributed by atoms with Crippen molar-refractivity contribution in [2.75, 3.05) is 13.2 Å². The van der Waals surface area contributed by atoms with E-state index in [0.29, 0.717) is 19.3 Å². The highest BCUT2D eigenvalue weighted by Gasteiger charge is 2.19. The van der Waals surface area contributed by atoms with Crippen molar-refractivity contribution < 1.29 is 28.6 Å². The lowest BCUT2D eigenvalue weighted by Gasteiger charge is -2.18. The minimum atomic E-state index is -0.791. The van der Waals surface area contributed by atoms with Crippen molar-refractivity contribution in [3.8, 4) is 0 Å². The Morgan fingerprint density at radius 3 is 0.838 bits per heavy atom. The monoisotopic (exact) mass is 1020 g/mol. The molecule has 1 unspecified atom stereocenters. The Balaban J connectivity index is 4.25. The molecule has 0 aliphatic heterocycles. The average molecular weight is 1030 g/mol. The molecule has 74 heavy (non-hydrogen) atoms. The molecule has 6 heteroatoms. The van der Waals surface area contributed by atoms with E-state index in [2.05, 4.69) is 142 Å². The highest BCUT2D eigenvalue weighted by atomic mass is 16.6. The van der Waals surface area contributed by atoms with Gasteiger partial charge in [-0.3, -0.25) is 14.4 Å². The lowest BCUT2D eigenvalue weighted by molar-refractivity contribution is -0.167. The zero-order chi connectivity index (χ0) is 53.6. The van der Waals surface area contributed by atoms with Crippen molar-refractivity contribution in [3.63, 3.8) is 0 Å². The molecule has 0 bridgehead atoms. The van der Waals surface area contributed by atoms with Gasteiger partial charge in [0.05, 0.1) is 0 Å². The van der Waals surface area contributed by atoms with Crippen LogP contribution in [0, 0.1) is 0 Å². The molecule has 1 atom stereocenters. The Bertz CT molecular complexity index is 1550. The molecule has 0 aromatic carbocycles. The van der Waals surface area contributed by atoms with Gasteiger partial charge in [0, 0.05) is 19.3 Å². The van der Waals surface area contributed by atoms with Crippen LogP contribution in [-0.2, 0) is 28.6 Å². The summed E-state index contributed by atoms with van der Waals surface area (Å²) in [4.78, 5) is 38.1. The second-order valence-electron chi connectivity index (χ2n) is 19.8. The molecular weight excluding hydrogens is 913 g/mol. The van der Waals surface area contributed by atoms with Crippen molar-refractivity contribution in [1.29, 1.82) is 0 Å². The van der Waals surface area contributed by atoms with Crippen LogP contribution in [0.15, 0.2) is 122 Å². The summed E-state index contributed by atoms with van der Waals surface area (Å²) in [6, 6.07) is 0. The smallest absolute Gasteiger partial charge is 0.306 e. The van der Waals surface area contributed by atoms with E-state index < -0.39 is 6.10 Å². The van der Waals surface area contributed by atoms with Crippen LogP contribution in [0.5, 0.6) is 0 Å². The fourth-order valence-electron chi connectivity index (χ4n) is 8.17. The Morgan fingerprint density at radius 2 is 0.527 bits per heavy atom. The van der Waals surface area contributed by atoms with E-state index in [1.807, 2.05) is 0 Å². The molecule has 6 nitrogen and oxygen atoms in total. The molecule has 0 fully saturated rings. The number of unbranched alkanes of at least 4 members (excludes halogenated alkanes) is 23. The fourth-order valence-corrected chi connectivity index (χ4v) is 8.17. The van der Waals surface area contributed by atoms with Gasteiger partial charge in [0.2, 0.25) is 0 Å². The first-order valence-corrected chi connectivity index (χ1v) is 30.5. The molecule has 0 radical (unpaired) electrons. The van der Waals surface area contributed by atoms with Crippen LogP contribution in [0.2, 0.25) is 0 Å². The lowest BCUT2D eigenvalue weighted by Crippen LogP contribution is -2.30. The first-order valence-electron chi connectivity index (χ1n) is 30.5. The van der Waals surface area contributed by atoms with E-state index in [1.165, 1.54) is 89.9 Å². The largest absolute Gasteiger partial charge is 0.462 e. The van der Waals surface area contributed by atoms with Crippen molar-refractivity contribution >= 4 is 17.9 Å². The Kier molecular flexibility index (Phi) is 57.9. The van der Waals surface area contributed by atoms with Crippen LogP contribution in [0.25, 0.3) is 0 Å². The number of rotatable bonds is 54. The van der Waals surface area contributed by atoms with Gasteiger partial charge < -0.3 is 14.2 Å². The fraction of sp³-hybridized carbons (Fsp3) is 0.662. The number of allylic oxidation sites excluding steroid dienone is 20. The van der Waals surface area contributed by atoms with Gasteiger partial charge in [-0.25, -0.2) is 0 Å². The van der Waals surface area contributed by atoms with Crippen LogP contribution in [-0.4, -0.2) is 37.2 Å². The normalized spacial score (nSPS) is 13.0. The summed E-state index contributed by atoms with van der Waals surface area (Å²) in [7, 11) is 0. The summed E-state index contributed by atoms with van der Waals surface area (Å²) in [5, 5.41) is 0. The van der Waals surface area contributed by atoms with Crippen LogP contribution in [0.3, 0.4) is 0 Å². The minimum Gasteiger partial charge on any atom is -0.462 e. The van der Waals surface area contributed by atoms with Crippen molar-refractivity contribution in [2.24, 2.45) is 0 Å². The van der Waals surface area contributed by atoms with Gasteiger partial charge in [0.25, 0.3) is 0 Å². The number of carbonyl (C=O) groups excluding carboxylic acids is 3. The molecular formula is C68H112O6. The van der Waals surface area contributed by atoms with Gasteiger partial charge in [-0.15, -0.1) is 0 Å². The third kappa shape index (κ3) is 58.7. The minimum absolute atomic E-state index is 0.0888. The molecule has 0 saturated heterocycles. The van der Waals surface area contributed by atoms with Gasteiger partial charge in [-0.1, -0.05) is 251 Å². The molecule has 0 heterocycles. The molecule has 420 valence electrons. The quantitative estimate of drug-likeness (QED) is 0.0261. The van der Waals surface area contributed by atoms with Crippen LogP contribution >= 0.6 is 0 Å². The van der Waals surface area contributed by atoms with E-state index in [0.717, 1.165) is 141 Å². The number of ether oxygens (including phenoxy) is 3. The van der Waals surface area contributed by atoms with Gasteiger partial charge in [-0.2, -0.15) is 0 Å². The molecule has 0 aromatic heterocycles. The first kappa shape index (κ1) is 69.8. The third-order valence-corrected chi connectivity index (χ3v) is 12.7. The molecule has 0 aromatic rings. The van der Waals surface area contributed by atoms with Gasteiger partial charge in [0.1, 0.15) is 13.2 Å². The topological polar surface area (TPSA) is 78.9 Å². The Labute approximate surface area is 456 Å². The van der Waals surface area contributed by atoms with Crippen LogP contribution in [0.1, 0.15) is 271 Å². The molecule has 0 N–H and O–H groups in total. The third-order valence-electron chi connectivity index (χ3n) is 12.7. The number of hydrogen-bond acceptors (Lipinski definition) is 6. The van der Waals surface area contributed by atoms with E-state index in [4.69, 9.17) is 14.2 Å². The maximum Gasteiger partial charge on any atom is 0.306 e. The highest BCUT2D eigenvalue weighted by Crippen LogP contribution is 2.15. The standard InChI is InChI=1S/C68H112O6/c1-4-7-10-13-16-19-22-24-26-28-29-30-31-32-33-34-35-36-37-38-39-41-42-44-46-49-52-55-58-61-67(70)73-64-65(63-72-66(69)60-57-54-51-48-21-18-15-12-9-6-3)74-68(71)62-59-56-53-50-47-45-43-40-27-25-23-20-17-14-11-8-5-2/h7-8,10-12,15-17,19-20,24-27,29-30,32-33,35-36,65H,4-6,9,13-14,18,21-23,28,31,34,37-64H2,1-3H3/b10-7-,11-8-,15-12-,19-16-,20-17-,26-24-,27-25-,30-29-,33-32-,36-35-. The number of carbonyl (C=O) groups is 3. The van der Waals surface area contributed by atoms with E-state index in [1.54, 1.807) is 0 Å². The summed E-state index contributed by atoms with van der Waals surface area (Å²) in [5.41, 5.74) is 0. The summed E-state index contributed by atoms with van der Waals surface area (Å²) in [6.07, 6.45) is 84.9. The molecule has 0 saturated carbocycles. The predicted octanol–water partition coefficient (Wildman–Crippen LogP) is 20.8. The van der Waals surface area contributed by atoms with Crippen LogP contribution < -0.4 is 0 Å². The van der Waals surface area contributed by atoms with Crippen molar-refractivity contribution in [3.05, 3.63) is 122 Å². The maximum absolute atomic E-state index is 12.9. The Morgan fingerprint density at radius 1 is 0.284 bits per heavy atom. The second-order valence-corrected chi connectivity index (χ2v) is 19.8. The summed E-state index contributed by atoms with van der Waals surface area (Å²) in [5.74, 6) is -0.913. The average Bonchev–Trinajstić information content (AvgIpc) is 3.40.